The zero-order valence-corrected chi connectivity index (χ0v) is 15.5. The van der Waals surface area contributed by atoms with Crippen molar-refractivity contribution in [1.29, 1.82) is 0 Å². The Morgan fingerprint density at radius 2 is 2.08 bits per heavy atom. The van der Waals surface area contributed by atoms with Gasteiger partial charge in [0.25, 0.3) is 0 Å². The summed E-state index contributed by atoms with van der Waals surface area (Å²) < 4.78 is 5.37. The minimum absolute atomic E-state index is 0.0770. The van der Waals surface area contributed by atoms with Gasteiger partial charge in [0.15, 0.2) is 0 Å². The van der Waals surface area contributed by atoms with E-state index in [0.29, 0.717) is 29.5 Å². The van der Waals surface area contributed by atoms with Crippen LogP contribution in [0.5, 0.6) is 5.75 Å². The van der Waals surface area contributed by atoms with Crippen molar-refractivity contribution < 1.29 is 14.3 Å². The van der Waals surface area contributed by atoms with Crippen LogP contribution in [0, 0.1) is 12.8 Å². The average Bonchev–Trinajstić information content (AvgIpc) is 3.02. The van der Waals surface area contributed by atoms with Gasteiger partial charge in [0.2, 0.25) is 11.8 Å². The Labute approximate surface area is 157 Å². The largest absolute Gasteiger partial charge is 0.495 e. The minimum atomic E-state index is -0.393. The Morgan fingerprint density at radius 1 is 1.31 bits per heavy atom. The summed E-state index contributed by atoms with van der Waals surface area (Å²) in [7, 11) is 1.57. The molecule has 0 aliphatic carbocycles. The maximum absolute atomic E-state index is 12.5. The Morgan fingerprint density at radius 3 is 2.81 bits per heavy atom. The van der Waals surface area contributed by atoms with Gasteiger partial charge in [-0.15, -0.1) is 0 Å². The Hall–Kier alpha value is -2.53. The van der Waals surface area contributed by atoms with Crippen LogP contribution in [0.4, 0.5) is 5.69 Å². The molecule has 1 fully saturated rings. The first-order valence-electron chi connectivity index (χ1n) is 8.45. The van der Waals surface area contributed by atoms with Gasteiger partial charge in [0.05, 0.1) is 18.7 Å². The van der Waals surface area contributed by atoms with E-state index >= 15 is 0 Å². The first-order chi connectivity index (χ1) is 12.5. The van der Waals surface area contributed by atoms with Crippen molar-refractivity contribution in [2.45, 2.75) is 19.9 Å². The van der Waals surface area contributed by atoms with Crippen LogP contribution in [-0.4, -0.2) is 25.5 Å². The van der Waals surface area contributed by atoms with Gasteiger partial charge in [-0.1, -0.05) is 35.9 Å². The van der Waals surface area contributed by atoms with Gasteiger partial charge < -0.3 is 15.0 Å². The molecule has 1 N–H and O–H groups in total. The summed E-state index contributed by atoms with van der Waals surface area (Å²) in [5.41, 5.74) is 2.59. The molecule has 1 heterocycles. The molecule has 0 bridgehead atoms. The predicted molar refractivity (Wildman–Crippen MR) is 101 cm³/mol. The lowest BCUT2D eigenvalue weighted by Crippen LogP contribution is -2.32. The zero-order valence-electron chi connectivity index (χ0n) is 14.8. The number of ether oxygens (including phenoxy) is 1. The highest BCUT2D eigenvalue weighted by Gasteiger charge is 2.36. The number of nitrogens with zero attached hydrogens (tertiary/aromatic N) is 1. The van der Waals surface area contributed by atoms with Crippen LogP contribution in [0.3, 0.4) is 0 Å². The van der Waals surface area contributed by atoms with E-state index in [4.69, 9.17) is 16.3 Å². The summed E-state index contributed by atoms with van der Waals surface area (Å²) in [5, 5.41) is 3.49. The standard InChI is InChI=1S/C20H21ClN2O3/c1-13-7-8-18(26-2)17(9-13)23-12-15(10-19(23)24)20(25)22-11-14-5-3-4-6-16(14)21/h3-9,15H,10-12H2,1-2H3,(H,22,25). The van der Waals surface area contributed by atoms with Crippen molar-refractivity contribution in [3.63, 3.8) is 0 Å². The lowest BCUT2D eigenvalue weighted by molar-refractivity contribution is -0.126. The number of anilines is 1. The number of rotatable bonds is 5. The second kappa shape index (κ2) is 7.79. The third-order valence-electron chi connectivity index (χ3n) is 4.53. The molecule has 136 valence electrons. The van der Waals surface area contributed by atoms with E-state index in [1.807, 2.05) is 43.3 Å². The summed E-state index contributed by atoms with van der Waals surface area (Å²) in [6, 6.07) is 13.0. The molecule has 2 aromatic rings. The molecular weight excluding hydrogens is 352 g/mol. The fraction of sp³-hybridized carbons (Fsp3) is 0.300. The molecule has 26 heavy (non-hydrogen) atoms. The van der Waals surface area contributed by atoms with Crippen LogP contribution in [0.2, 0.25) is 5.02 Å². The van der Waals surface area contributed by atoms with Crippen LogP contribution >= 0.6 is 11.6 Å². The maximum Gasteiger partial charge on any atom is 0.227 e. The lowest BCUT2D eigenvalue weighted by Gasteiger charge is -2.20. The molecule has 0 aromatic heterocycles. The number of halogens is 1. The molecule has 0 radical (unpaired) electrons. The summed E-state index contributed by atoms with van der Waals surface area (Å²) >= 11 is 6.11. The number of carbonyl (C=O) groups is 2. The Balaban J connectivity index is 1.69. The van der Waals surface area contributed by atoms with E-state index in [-0.39, 0.29) is 18.2 Å². The molecule has 6 heteroatoms. The molecular formula is C20H21ClN2O3. The van der Waals surface area contributed by atoms with Crippen LogP contribution in [0.25, 0.3) is 0 Å². The highest BCUT2D eigenvalue weighted by molar-refractivity contribution is 6.31. The molecule has 1 atom stereocenters. The molecule has 1 aliphatic heterocycles. The molecule has 2 aromatic carbocycles. The van der Waals surface area contributed by atoms with E-state index in [9.17, 15) is 9.59 Å². The molecule has 0 saturated carbocycles. The number of hydrogen-bond donors (Lipinski definition) is 1. The van der Waals surface area contributed by atoms with E-state index in [2.05, 4.69) is 5.32 Å². The van der Waals surface area contributed by atoms with Crippen molar-refractivity contribution in [2.24, 2.45) is 5.92 Å². The molecule has 3 rings (SSSR count). The number of benzene rings is 2. The molecule has 1 saturated heterocycles. The second-order valence-electron chi connectivity index (χ2n) is 6.39. The smallest absolute Gasteiger partial charge is 0.227 e. The first-order valence-corrected chi connectivity index (χ1v) is 8.83. The highest BCUT2D eigenvalue weighted by atomic mass is 35.5. The van der Waals surface area contributed by atoms with Crippen LogP contribution in [0.1, 0.15) is 17.5 Å². The first kappa shape index (κ1) is 18.3. The van der Waals surface area contributed by atoms with Crippen molar-refractivity contribution in [2.75, 3.05) is 18.6 Å². The van der Waals surface area contributed by atoms with Gasteiger partial charge in [-0.25, -0.2) is 0 Å². The van der Waals surface area contributed by atoms with Crippen LogP contribution < -0.4 is 15.0 Å². The van der Waals surface area contributed by atoms with E-state index in [1.165, 1.54) is 0 Å². The van der Waals surface area contributed by atoms with Gasteiger partial charge in [-0.2, -0.15) is 0 Å². The van der Waals surface area contributed by atoms with Gasteiger partial charge in [-0.05, 0) is 36.2 Å². The third kappa shape index (κ3) is 3.83. The summed E-state index contributed by atoms with van der Waals surface area (Å²) in [6.45, 7) is 2.64. The SMILES string of the molecule is COc1ccc(C)cc1N1CC(C(=O)NCc2ccccc2Cl)CC1=O. The van der Waals surface area contributed by atoms with Crippen LogP contribution in [0.15, 0.2) is 42.5 Å². The molecule has 2 amide bonds. The maximum atomic E-state index is 12.5. The molecule has 1 unspecified atom stereocenters. The minimum Gasteiger partial charge on any atom is -0.495 e. The van der Waals surface area contributed by atoms with Crippen molar-refractivity contribution in [3.05, 3.63) is 58.6 Å². The van der Waals surface area contributed by atoms with Gasteiger partial charge in [0.1, 0.15) is 5.75 Å². The second-order valence-corrected chi connectivity index (χ2v) is 6.80. The van der Waals surface area contributed by atoms with Crippen LogP contribution in [-0.2, 0) is 16.1 Å². The Bertz CT molecular complexity index is 838. The normalized spacial score (nSPS) is 16.7. The Kier molecular flexibility index (Phi) is 5.47. The summed E-state index contributed by atoms with van der Waals surface area (Å²) in [5.74, 6) is 0.00969. The molecule has 1 aliphatic rings. The summed E-state index contributed by atoms with van der Waals surface area (Å²) in [4.78, 5) is 26.6. The number of amides is 2. The number of methoxy groups -OCH3 is 1. The lowest BCUT2D eigenvalue weighted by atomic mass is 10.1. The fourth-order valence-electron chi connectivity index (χ4n) is 3.10. The quantitative estimate of drug-likeness (QED) is 0.875. The number of nitrogens with one attached hydrogen (secondary N) is 1. The average molecular weight is 373 g/mol. The van der Waals surface area contributed by atoms with Gasteiger partial charge in [-0.3, -0.25) is 9.59 Å². The van der Waals surface area contributed by atoms with E-state index in [1.54, 1.807) is 18.1 Å². The zero-order chi connectivity index (χ0) is 18.7. The topological polar surface area (TPSA) is 58.6 Å². The highest BCUT2D eigenvalue weighted by Crippen LogP contribution is 2.34. The van der Waals surface area contributed by atoms with Crippen molar-refractivity contribution in [3.8, 4) is 5.75 Å². The molecule has 0 spiro atoms. The third-order valence-corrected chi connectivity index (χ3v) is 4.90. The van der Waals surface area contributed by atoms with Crippen molar-refractivity contribution in [1.82, 2.24) is 5.32 Å². The molecule has 5 nitrogen and oxygen atoms in total. The fourth-order valence-corrected chi connectivity index (χ4v) is 3.30. The number of hydrogen-bond acceptors (Lipinski definition) is 3. The number of aryl methyl sites for hydroxylation is 1. The predicted octanol–water partition coefficient (Wildman–Crippen LogP) is 3.33. The van der Waals surface area contributed by atoms with Gasteiger partial charge in [0, 0.05) is 24.5 Å². The monoisotopic (exact) mass is 372 g/mol. The van der Waals surface area contributed by atoms with E-state index in [0.717, 1.165) is 11.1 Å². The van der Waals surface area contributed by atoms with Crippen molar-refractivity contribution >= 4 is 29.1 Å². The van der Waals surface area contributed by atoms with Gasteiger partial charge >= 0.3 is 0 Å². The number of carbonyl (C=O) groups excluding carboxylic acids is 2. The van der Waals surface area contributed by atoms with E-state index < -0.39 is 5.92 Å². The summed E-state index contributed by atoms with van der Waals surface area (Å²) in [6.07, 6.45) is 0.186.